The topological polar surface area (TPSA) is 39.9 Å². The monoisotopic (exact) mass is 293 g/mol. The number of hydrogen-bond donors (Lipinski definition) is 0. The maximum absolute atomic E-state index is 6.14. The number of nitrogens with zero attached hydrogens (tertiary/aromatic N) is 3. The summed E-state index contributed by atoms with van der Waals surface area (Å²) in [6.07, 6.45) is 4.57. The summed E-state index contributed by atoms with van der Waals surface area (Å²) in [5, 5.41) is 8.51. The molecule has 0 amide bonds. The zero-order chi connectivity index (χ0) is 15.2. The Hall–Kier alpha value is -2.62. The lowest BCUT2D eigenvalue weighted by Gasteiger charge is -2.19. The van der Waals surface area contributed by atoms with Gasteiger partial charge in [0, 0.05) is 6.42 Å². The molecule has 2 aromatic carbocycles. The molecule has 112 valence electrons. The molecule has 0 bridgehead atoms. The van der Waals surface area contributed by atoms with Crippen molar-refractivity contribution in [1.82, 2.24) is 15.0 Å². The first-order valence-electron chi connectivity index (χ1n) is 7.51. The molecule has 0 saturated heterocycles. The van der Waals surface area contributed by atoms with E-state index in [1.807, 2.05) is 65.4 Å². The Bertz CT molecular complexity index is 736. The number of allylic oxidation sites excluding steroid dienone is 1. The van der Waals surface area contributed by atoms with Crippen molar-refractivity contribution in [2.45, 2.75) is 25.5 Å². The average molecular weight is 293 g/mol. The smallest absolute Gasteiger partial charge is 0.193 e. The molecule has 0 radical (unpaired) electrons. The zero-order valence-electron chi connectivity index (χ0n) is 12.4. The molecule has 0 N–H and O–H groups in total. The molecule has 0 saturated carbocycles. The molecule has 0 aliphatic carbocycles. The van der Waals surface area contributed by atoms with Crippen molar-refractivity contribution >= 4 is 11.0 Å². The summed E-state index contributed by atoms with van der Waals surface area (Å²) in [6, 6.07) is 17.8. The molecule has 0 fully saturated rings. The second kappa shape index (κ2) is 6.89. The van der Waals surface area contributed by atoms with Gasteiger partial charge in [-0.2, -0.15) is 0 Å². The van der Waals surface area contributed by atoms with Crippen LogP contribution in [0.1, 0.15) is 25.5 Å². The predicted octanol–water partition coefficient (Wildman–Crippen LogP) is 4.37. The molecule has 0 aliphatic rings. The Morgan fingerprint density at radius 3 is 2.68 bits per heavy atom. The van der Waals surface area contributed by atoms with Crippen LogP contribution in [-0.2, 0) is 0 Å². The van der Waals surface area contributed by atoms with Crippen molar-refractivity contribution in [3.8, 4) is 5.75 Å². The van der Waals surface area contributed by atoms with Gasteiger partial charge in [0.1, 0.15) is 11.3 Å². The van der Waals surface area contributed by atoms with Gasteiger partial charge in [-0.15, -0.1) is 11.7 Å². The van der Waals surface area contributed by atoms with Crippen LogP contribution in [0, 0.1) is 0 Å². The van der Waals surface area contributed by atoms with Gasteiger partial charge in [-0.05, 0) is 37.1 Å². The van der Waals surface area contributed by atoms with E-state index in [1.54, 1.807) is 0 Å². The Kier molecular flexibility index (Phi) is 4.49. The molecular weight excluding hydrogens is 274 g/mol. The summed E-state index contributed by atoms with van der Waals surface area (Å²) in [5.74, 6) is 0.839. The van der Waals surface area contributed by atoms with Crippen molar-refractivity contribution in [3.63, 3.8) is 0 Å². The van der Waals surface area contributed by atoms with Gasteiger partial charge >= 0.3 is 0 Å². The van der Waals surface area contributed by atoms with Crippen molar-refractivity contribution in [1.29, 1.82) is 0 Å². The summed E-state index contributed by atoms with van der Waals surface area (Å²) in [6.45, 7) is 3.78. The van der Waals surface area contributed by atoms with Crippen molar-refractivity contribution in [3.05, 3.63) is 67.3 Å². The summed E-state index contributed by atoms with van der Waals surface area (Å²) < 4.78 is 8.01. The fourth-order valence-corrected chi connectivity index (χ4v) is 2.42. The van der Waals surface area contributed by atoms with E-state index in [9.17, 15) is 0 Å². The highest BCUT2D eigenvalue weighted by Gasteiger charge is 2.16. The van der Waals surface area contributed by atoms with Gasteiger partial charge in [0.2, 0.25) is 0 Å². The van der Waals surface area contributed by atoms with Crippen LogP contribution in [0.4, 0.5) is 0 Å². The summed E-state index contributed by atoms with van der Waals surface area (Å²) in [5.41, 5.74) is 1.87. The summed E-state index contributed by atoms with van der Waals surface area (Å²) >= 11 is 0. The average Bonchev–Trinajstić information content (AvgIpc) is 2.99. The van der Waals surface area contributed by atoms with Gasteiger partial charge < -0.3 is 4.74 Å². The number of hydrogen-bond acceptors (Lipinski definition) is 3. The van der Waals surface area contributed by atoms with Crippen molar-refractivity contribution in [2.75, 3.05) is 0 Å². The predicted molar refractivity (Wildman–Crippen MR) is 87.7 cm³/mol. The minimum atomic E-state index is -0.172. The molecule has 22 heavy (non-hydrogen) atoms. The van der Waals surface area contributed by atoms with Gasteiger partial charge in [-0.1, -0.05) is 41.6 Å². The summed E-state index contributed by atoms with van der Waals surface area (Å²) in [7, 11) is 0. The van der Waals surface area contributed by atoms with Gasteiger partial charge in [-0.3, -0.25) is 0 Å². The zero-order valence-corrected chi connectivity index (χ0v) is 12.4. The SMILES string of the molecule is C=CCCCC(Oc1ccccc1)n1nnc2ccccc21. The molecule has 1 unspecified atom stereocenters. The highest BCUT2D eigenvalue weighted by molar-refractivity contribution is 5.73. The van der Waals surface area contributed by atoms with Crippen LogP contribution in [0.5, 0.6) is 5.75 Å². The number of rotatable bonds is 7. The van der Waals surface area contributed by atoms with Crippen molar-refractivity contribution in [2.24, 2.45) is 0 Å². The quantitative estimate of drug-likeness (QED) is 0.480. The second-order valence-electron chi connectivity index (χ2n) is 5.13. The Labute approximate surface area is 130 Å². The summed E-state index contributed by atoms with van der Waals surface area (Å²) in [4.78, 5) is 0. The van der Waals surface area contributed by atoms with Gasteiger partial charge in [0.15, 0.2) is 6.23 Å². The standard InChI is InChI=1S/C18H19N3O/c1-2-3-5-14-18(22-15-10-6-4-7-11-15)21-17-13-9-8-12-16(17)19-20-21/h2,4,6-13,18H,1,3,5,14H2. The van der Waals surface area contributed by atoms with Gasteiger partial charge in [0.05, 0.1) is 5.52 Å². The number of aromatic nitrogens is 3. The molecule has 3 aromatic rings. The molecular formula is C18H19N3O. The molecule has 0 spiro atoms. The highest BCUT2D eigenvalue weighted by atomic mass is 16.5. The first-order chi connectivity index (χ1) is 10.9. The first-order valence-corrected chi connectivity index (χ1v) is 7.51. The van der Waals surface area contributed by atoms with Crippen molar-refractivity contribution < 1.29 is 4.74 Å². The number of ether oxygens (including phenoxy) is 1. The number of unbranched alkanes of at least 4 members (excludes halogenated alkanes) is 1. The fourth-order valence-electron chi connectivity index (χ4n) is 2.42. The maximum Gasteiger partial charge on any atom is 0.193 e. The number of fused-ring (bicyclic) bond motifs is 1. The Morgan fingerprint density at radius 1 is 1.09 bits per heavy atom. The van der Waals surface area contributed by atoms with Crippen LogP contribution >= 0.6 is 0 Å². The van der Waals surface area contributed by atoms with Gasteiger partial charge in [0.25, 0.3) is 0 Å². The van der Waals surface area contributed by atoms with Crippen LogP contribution in [0.3, 0.4) is 0 Å². The molecule has 0 aliphatic heterocycles. The Morgan fingerprint density at radius 2 is 1.86 bits per heavy atom. The molecule has 3 rings (SSSR count). The second-order valence-corrected chi connectivity index (χ2v) is 5.13. The van der Waals surface area contributed by atoms with Gasteiger partial charge in [-0.25, -0.2) is 4.68 Å². The van der Waals surface area contributed by atoms with E-state index < -0.39 is 0 Å². The minimum absolute atomic E-state index is 0.172. The third-order valence-corrected chi connectivity index (χ3v) is 3.52. The van der Waals surface area contributed by atoms with E-state index in [0.717, 1.165) is 36.0 Å². The third kappa shape index (κ3) is 3.17. The molecule has 1 atom stereocenters. The van der Waals surface area contributed by atoms with Crippen LogP contribution < -0.4 is 4.74 Å². The lowest BCUT2D eigenvalue weighted by molar-refractivity contribution is 0.109. The lowest BCUT2D eigenvalue weighted by Crippen LogP contribution is -2.17. The number of para-hydroxylation sites is 2. The highest BCUT2D eigenvalue weighted by Crippen LogP contribution is 2.24. The van der Waals surface area contributed by atoms with Crippen LogP contribution in [0.2, 0.25) is 0 Å². The molecule has 4 nitrogen and oxygen atoms in total. The maximum atomic E-state index is 6.14. The van der Waals surface area contributed by atoms with E-state index in [-0.39, 0.29) is 6.23 Å². The van der Waals surface area contributed by atoms with E-state index in [0.29, 0.717) is 0 Å². The largest absolute Gasteiger partial charge is 0.469 e. The van der Waals surface area contributed by atoms with E-state index in [2.05, 4.69) is 16.9 Å². The normalized spacial score (nSPS) is 12.2. The first kappa shape index (κ1) is 14.3. The molecule has 1 heterocycles. The van der Waals surface area contributed by atoms with E-state index in [4.69, 9.17) is 4.74 Å². The fraction of sp³-hybridized carbons (Fsp3) is 0.222. The minimum Gasteiger partial charge on any atom is -0.469 e. The number of benzene rings is 2. The van der Waals surface area contributed by atoms with Crippen LogP contribution in [0.15, 0.2) is 67.3 Å². The molecule has 4 heteroatoms. The Balaban J connectivity index is 1.88. The van der Waals surface area contributed by atoms with Crippen LogP contribution in [0.25, 0.3) is 11.0 Å². The van der Waals surface area contributed by atoms with E-state index in [1.165, 1.54) is 0 Å². The lowest BCUT2D eigenvalue weighted by atomic mass is 10.2. The van der Waals surface area contributed by atoms with E-state index >= 15 is 0 Å². The van der Waals surface area contributed by atoms with Crippen LogP contribution in [-0.4, -0.2) is 15.0 Å². The third-order valence-electron chi connectivity index (χ3n) is 3.52. The molecule has 1 aromatic heterocycles.